The molecule has 2 heterocycles. The van der Waals surface area contributed by atoms with E-state index in [0.717, 1.165) is 17.9 Å². The van der Waals surface area contributed by atoms with E-state index < -0.39 is 0 Å². The van der Waals surface area contributed by atoms with Gasteiger partial charge in [-0.25, -0.2) is 9.97 Å². The van der Waals surface area contributed by atoms with Crippen molar-refractivity contribution < 1.29 is 0 Å². The summed E-state index contributed by atoms with van der Waals surface area (Å²) in [5.41, 5.74) is 2.21. The van der Waals surface area contributed by atoms with Crippen LogP contribution in [0.2, 0.25) is 0 Å². The van der Waals surface area contributed by atoms with Crippen LogP contribution in [0.1, 0.15) is 30.7 Å². The Morgan fingerprint density at radius 3 is 2.71 bits per heavy atom. The molecule has 3 nitrogen and oxygen atoms in total. The molecule has 1 aliphatic heterocycles. The molecule has 0 unspecified atom stereocenters. The van der Waals surface area contributed by atoms with Crippen LogP contribution < -0.4 is 0 Å². The van der Waals surface area contributed by atoms with Crippen LogP contribution in [0.5, 0.6) is 0 Å². The van der Waals surface area contributed by atoms with E-state index in [2.05, 4.69) is 20.9 Å². The van der Waals surface area contributed by atoms with Gasteiger partial charge in [-0.05, 0) is 38.9 Å². The molecule has 3 heteroatoms. The van der Waals surface area contributed by atoms with Crippen LogP contribution in [-0.4, -0.2) is 28.0 Å². The molecule has 76 valence electrons. The predicted octanol–water partition coefficient (Wildman–Crippen LogP) is 1.77. The summed E-state index contributed by atoms with van der Waals surface area (Å²) in [7, 11) is 0. The lowest BCUT2D eigenvalue weighted by atomic mass is 10.1. The van der Waals surface area contributed by atoms with Gasteiger partial charge in [-0.15, -0.1) is 0 Å². The fraction of sp³-hybridized carbons (Fsp3) is 0.636. The van der Waals surface area contributed by atoms with Crippen molar-refractivity contribution in [3.8, 4) is 0 Å². The SMILES string of the molecule is Cc1cc(CN2CCCCC2)ncn1. The van der Waals surface area contributed by atoms with Crippen LogP contribution in [0.15, 0.2) is 12.4 Å². The molecule has 0 saturated carbocycles. The Balaban J connectivity index is 1.95. The fourth-order valence-electron chi connectivity index (χ4n) is 1.94. The molecule has 1 aromatic heterocycles. The van der Waals surface area contributed by atoms with Crippen molar-refractivity contribution in [2.75, 3.05) is 13.1 Å². The van der Waals surface area contributed by atoms with Crippen molar-refractivity contribution in [3.63, 3.8) is 0 Å². The molecule has 2 rings (SSSR count). The quantitative estimate of drug-likeness (QED) is 0.713. The molecule has 1 aliphatic rings. The number of aryl methyl sites for hydroxylation is 1. The van der Waals surface area contributed by atoms with Crippen molar-refractivity contribution in [1.82, 2.24) is 14.9 Å². The van der Waals surface area contributed by atoms with Gasteiger partial charge in [0.1, 0.15) is 6.33 Å². The van der Waals surface area contributed by atoms with Crippen LogP contribution in [0, 0.1) is 6.92 Å². The Hall–Kier alpha value is -0.960. The second-order valence-electron chi connectivity index (χ2n) is 3.99. The zero-order chi connectivity index (χ0) is 9.80. The Morgan fingerprint density at radius 2 is 2.00 bits per heavy atom. The van der Waals surface area contributed by atoms with Gasteiger partial charge in [0.25, 0.3) is 0 Å². The molecule has 0 bridgehead atoms. The molecule has 0 amide bonds. The maximum Gasteiger partial charge on any atom is 0.115 e. The Morgan fingerprint density at radius 1 is 1.21 bits per heavy atom. The molecule has 0 radical (unpaired) electrons. The van der Waals surface area contributed by atoms with Gasteiger partial charge in [0.2, 0.25) is 0 Å². The highest BCUT2D eigenvalue weighted by Gasteiger charge is 2.10. The summed E-state index contributed by atoms with van der Waals surface area (Å²) >= 11 is 0. The molecule has 1 saturated heterocycles. The van der Waals surface area contributed by atoms with Gasteiger partial charge < -0.3 is 0 Å². The van der Waals surface area contributed by atoms with Gasteiger partial charge >= 0.3 is 0 Å². The molecule has 14 heavy (non-hydrogen) atoms. The highest BCUT2D eigenvalue weighted by Crippen LogP contribution is 2.11. The topological polar surface area (TPSA) is 29.0 Å². The smallest absolute Gasteiger partial charge is 0.115 e. The third kappa shape index (κ3) is 2.51. The van der Waals surface area contributed by atoms with Crippen molar-refractivity contribution in [2.24, 2.45) is 0 Å². The molecule has 0 aromatic carbocycles. The number of hydrogen-bond acceptors (Lipinski definition) is 3. The largest absolute Gasteiger partial charge is 0.298 e. The van der Waals surface area contributed by atoms with Gasteiger partial charge in [-0.2, -0.15) is 0 Å². The molecule has 0 spiro atoms. The average molecular weight is 191 g/mol. The van der Waals surface area contributed by atoms with E-state index in [4.69, 9.17) is 0 Å². The standard InChI is InChI=1S/C11H17N3/c1-10-7-11(13-9-12-10)8-14-5-3-2-4-6-14/h7,9H,2-6,8H2,1H3. The van der Waals surface area contributed by atoms with Gasteiger partial charge in [0.15, 0.2) is 0 Å². The Bertz CT molecular complexity index is 292. The lowest BCUT2D eigenvalue weighted by Gasteiger charge is -2.25. The first kappa shape index (κ1) is 9.59. The predicted molar refractivity (Wildman–Crippen MR) is 55.9 cm³/mol. The third-order valence-electron chi connectivity index (χ3n) is 2.69. The number of aromatic nitrogens is 2. The van der Waals surface area contributed by atoms with E-state index in [9.17, 15) is 0 Å². The zero-order valence-electron chi connectivity index (χ0n) is 8.74. The van der Waals surface area contributed by atoms with E-state index in [1.54, 1.807) is 6.33 Å². The molecule has 1 fully saturated rings. The molecular formula is C11H17N3. The van der Waals surface area contributed by atoms with Crippen molar-refractivity contribution in [1.29, 1.82) is 0 Å². The highest BCUT2D eigenvalue weighted by molar-refractivity contribution is 5.06. The summed E-state index contributed by atoms with van der Waals surface area (Å²) < 4.78 is 0. The number of hydrogen-bond donors (Lipinski definition) is 0. The van der Waals surface area contributed by atoms with E-state index in [-0.39, 0.29) is 0 Å². The first-order chi connectivity index (χ1) is 6.84. The van der Waals surface area contributed by atoms with Gasteiger partial charge in [-0.3, -0.25) is 4.90 Å². The summed E-state index contributed by atoms with van der Waals surface area (Å²) in [5, 5.41) is 0. The van der Waals surface area contributed by atoms with Crippen molar-refractivity contribution in [3.05, 3.63) is 23.8 Å². The fourth-order valence-corrected chi connectivity index (χ4v) is 1.94. The van der Waals surface area contributed by atoms with E-state index >= 15 is 0 Å². The minimum atomic E-state index is 0.989. The van der Waals surface area contributed by atoms with Gasteiger partial charge in [-0.1, -0.05) is 6.42 Å². The maximum atomic E-state index is 4.28. The minimum Gasteiger partial charge on any atom is -0.298 e. The van der Waals surface area contributed by atoms with E-state index in [0.29, 0.717) is 0 Å². The van der Waals surface area contributed by atoms with Gasteiger partial charge in [0, 0.05) is 12.2 Å². The first-order valence-corrected chi connectivity index (χ1v) is 5.34. The monoisotopic (exact) mass is 191 g/mol. The average Bonchev–Trinajstić information content (AvgIpc) is 2.19. The second-order valence-corrected chi connectivity index (χ2v) is 3.99. The summed E-state index contributed by atoms with van der Waals surface area (Å²) in [4.78, 5) is 10.9. The number of rotatable bonds is 2. The molecule has 0 N–H and O–H groups in total. The molecule has 1 aromatic rings. The molecule has 0 atom stereocenters. The second kappa shape index (κ2) is 4.51. The first-order valence-electron chi connectivity index (χ1n) is 5.34. The number of nitrogens with zero attached hydrogens (tertiary/aromatic N) is 3. The van der Waals surface area contributed by atoms with E-state index in [1.165, 1.54) is 32.4 Å². The Kier molecular flexibility index (Phi) is 3.09. The summed E-state index contributed by atoms with van der Waals surface area (Å²) in [6.45, 7) is 5.46. The van der Waals surface area contributed by atoms with Crippen molar-refractivity contribution in [2.45, 2.75) is 32.7 Å². The van der Waals surface area contributed by atoms with E-state index in [1.807, 2.05) is 6.92 Å². The third-order valence-corrected chi connectivity index (χ3v) is 2.69. The minimum absolute atomic E-state index is 0.989. The molecular weight excluding hydrogens is 174 g/mol. The van der Waals surface area contributed by atoms with Crippen molar-refractivity contribution >= 4 is 0 Å². The van der Waals surface area contributed by atoms with Crippen LogP contribution in [0.3, 0.4) is 0 Å². The zero-order valence-corrected chi connectivity index (χ0v) is 8.74. The van der Waals surface area contributed by atoms with Crippen LogP contribution >= 0.6 is 0 Å². The summed E-state index contributed by atoms with van der Waals surface area (Å²) in [6, 6.07) is 2.08. The molecule has 0 aliphatic carbocycles. The summed E-state index contributed by atoms with van der Waals surface area (Å²) in [5.74, 6) is 0. The number of piperidine rings is 1. The normalized spacial score (nSPS) is 18.4. The number of likely N-dealkylation sites (tertiary alicyclic amines) is 1. The lowest BCUT2D eigenvalue weighted by Crippen LogP contribution is -2.29. The van der Waals surface area contributed by atoms with Crippen LogP contribution in [0.25, 0.3) is 0 Å². The highest BCUT2D eigenvalue weighted by atomic mass is 15.1. The summed E-state index contributed by atoms with van der Waals surface area (Å²) in [6.07, 6.45) is 5.72. The van der Waals surface area contributed by atoms with Crippen LogP contribution in [-0.2, 0) is 6.54 Å². The maximum absolute atomic E-state index is 4.28. The van der Waals surface area contributed by atoms with Crippen LogP contribution in [0.4, 0.5) is 0 Å². The Labute approximate surface area is 85.2 Å². The van der Waals surface area contributed by atoms with Gasteiger partial charge in [0.05, 0.1) is 5.69 Å². The lowest BCUT2D eigenvalue weighted by molar-refractivity contribution is 0.218.